The van der Waals surface area contributed by atoms with E-state index in [9.17, 15) is 0 Å². The first-order valence-corrected chi connectivity index (χ1v) is 9.91. The van der Waals surface area contributed by atoms with Gasteiger partial charge in [0.25, 0.3) is 0 Å². The van der Waals surface area contributed by atoms with Crippen molar-refractivity contribution in [2.24, 2.45) is 5.10 Å². The summed E-state index contributed by atoms with van der Waals surface area (Å²) >= 11 is 1.76. The third kappa shape index (κ3) is 3.70. The Labute approximate surface area is 163 Å². The quantitative estimate of drug-likeness (QED) is 0.644. The average Bonchev–Trinajstić information content (AvgIpc) is 3.33. The van der Waals surface area contributed by atoms with Gasteiger partial charge in [0.15, 0.2) is 5.84 Å². The molecule has 2 heterocycles. The fourth-order valence-electron chi connectivity index (χ4n) is 2.93. The van der Waals surface area contributed by atoms with Crippen LogP contribution < -0.4 is 11.1 Å². The van der Waals surface area contributed by atoms with Crippen LogP contribution in [0.3, 0.4) is 0 Å². The normalized spacial score (nSPS) is 13.6. The van der Waals surface area contributed by atoms with Gasteiger partial charge < -0.3 is 0 Å². The summed E-state index contributed by atoms with van der Waals surface area (Å²) in [6.45, 7) is 2.16. The second-order valence-corrected chi connectivity index (χ2v) is 7.25. The molecule has 4 rings (SSSR count). The first-order chi connectivity index (χ1) is 13.3. The number of rotatable bonds is 6. The number of thioether (sulfide) groups is 1. The SMILES string of the molecule is CCc1ccc(-n2ncc(C3=NNNN3C)c2SCc2ccccc2)cc1. The molecule has 0 unspecified atom stereocenters. The van der Waals surface area contributed by atoms with E-state index in [-0.39, 0.29) is 0 Å². The van der Waals surface area contributed by atoms with Crippen LogP contribution in [0.15, 0.2) is 70.9 Å². The van der Waals surface area contributed by atoms with Gasteiger partial charge in [0.05, 0.1) is 17.4 Å². The smallest absolute Gasteiger partial charge is 0.177 e. The van der Waals surface area contributed by atoms with E-state index in [1.54, 1.807) is 11.8 Å². The molecule has 0 amide bonds. The van der Waals surface area contributed by atoms with Gasteiger partial charge in [0.2, 0.25) is 0 Å². The van der Waals surface area contributed by atoms with E-state index in [4.69, 9.17) is 0 Å². The number of amidine groups is 1. The molecule has 6 nitrogen and oxygen atoms in total. The lowest BCUT2D eigenvalue weighted by molar-refractivity contribution is 0.348. The summed E-state index contributed by atoms with van der Waals surface area (Å²) in [5.41, 5.74) is 10.4. The molecule has 3 aromatic rings. The summed E-state index contributed by atoms with van der Waals surface area (Å²) in [6.07, 6.45) is 2.91. The molecule has 0 bridgehead atoms. The van der Waals surface area contributed by atoms with Gasteiger partial charge in [-0.3, -0.25) is 5.01 Å². The second kappa shape index (κ2) is 7.85. The number of hydrogen-bond acceptors (Lipinski definition) is 6. The predicted octanol–water partition coefficient (Wildman–Crippen LogP) is 3.34. The lowest BCUT2D eigenvalue weighted by Gasteiger charge is -2.14. The number of nitrogens with one attached hydrogen (secondary N) is 2. The van der Waals surface area contributed by atoms with Crippen molar-refractivity contribution in [1.29, 1.82) is 0 Å². The number of hydrogen-bond donors (Lipinski definition) is 2. The maximum absolute atomic E-state index is 4.67. The third-order valence-electron chi connectivity index (χ3n) is 4.47. The van der Waals surface area contributed by atoms with E-state index >= 15 is 0 Å². The standard InChI is InChI=1S/C20H22N6S/c1-3-15-9-11-17(12-10-15)26-20(27-14-16-7-5-4-6-8-16)18(13-21-26)19-22-23-24-25(19)2/h4-13,23-24H,3,14H2,1-2H3. The van der Waals surface area contributed by atoms with Crippen molar-refractivity contribution in [2.45, 2.75) is 24.1 Å². The first-order valence-electron chi connectivity index (χ1n) is 8.92. The number of benzene rings is 2. The maximum atomic E-state index is 4.67. The molecule has 0 atom stereocenters. The predicted molar refractivity (Wildman–Crippen MR) is 110 cm³/mol. The van der Waals surface area contributed by atoms with Crippen LogP contribution in [0, 0.1) is 0 Å². The Morgan fingerprint density at radius 3 is 2.44 bits per heavy atom. The van der Waals surface area contributed by atoms with Crippen molar-refractivity contribution in [3.63, 3.8) is 0 Å². The minimum Gasteiger partial charge on any atom is -0.274 e. The molecule has 0 saturated carbocycles. The van der Waals surface area contributed by atoms with Gasteiger partial charge >= 0.3 is 0 Å². The van der Waals surface area contributed by atoms with Gasteiger partial charge in [-0.1, -0.05) is 49.4 Å². The highest BCUT2D eigenvalue weighted by Gasteiger charge is 2.23. The molecule has 0 radical (unpaired) electrons. The third-order valence-corrected chi connectivity index (χ3v) is 5.61. The molecule has 1 aliphatic rings. The summed E-state index contributed by atoms with van der Waals surface area (Å²) < 4.78 is 2.00. The Morgan fingerprint density at radius 2 is 1.78 bits per heavy atom. The fraction of sp³-hybridized carbons (Fsp3) is 0.200. The van der Waals surface area contributed by atoms with Crippen LogP contribution >= 0.6 is 11.8 Å². The van der Waals surface area contributed by atoms with E-state index in [0.717, 1.165) is 34.3 Å². The summed E-state index contributed by atoms with van der Waals surface area (Å²) in [6, 6.07) is 19.0. The molecular weight excluding hydrogens is 356 g/mol. The van der Waals surface area contributed by atoms with Gasteiger partial charge in [0, 0.05) is 12.8 Å². The Kier molecular flexibility index (Phi) is 5.13. The van der Waals surface area contributed by atoms with E-state index in [1.807, 2.05) is 29.0 Å². The van der Waals surface area contributed by atoms with Gasteiger partial charge in [-0.15, -0.1) is 22.4 Å². The highest BCUT2D eigenvalue weighted by atomic mass is 32.2. The zero-order valence-electron chi connectivity index (χ0n) is 15.4. The molecule has 7 heteroatoms. The molecule has 138 valence electrons. The number of aryl methyl sites for hydroxylation is 1. The van der Waals surface area contributed by atoms with Crippen molar-refractivity contribution in [3.05, 3.63) is 77.5 Å². The van der Waals surface area contributed by atoms with Crippen LogP contribution in [0.5, 0.6) is 0 Å². The molecular formula is C20H22N6S. The molecule has 2 N–H and O–H groups in total. The zero-order valence-corrected chi connectivity index (χ0v) is 16.2. The van der Waals surface area contributed by atoms with Crippen molar-refractivity contribution < 1.29 is 0 Å². The van der Waals surface area contributed by atoms with Crippen molar-refractivity contribution in [1.82, 2.24) is 25.9 Å². The summed E-state index contributed by atoms with van der Waals surface area (Å²) in [5, 5.41) is 11.9. The number of hydrazone groups is 1. The molecule has 0 spiro atoms. The van der Waals surface area contributed by atoms with Crippen LogP contribution in [0.2, 0.25) is 0 Å². The Hall–Kier alpha value is -2.77. The molecule has 2 aromatic carbocycles. The molecule has 1 aromatic heterocycles. The van der Waals surface area contributed by atoms with Crippen LogP contribution in [0.25, 0.3) is 5.69 Å². The molecule has 0 saturated heterocycles. The lowest BCUT2D eigenvalue weighted by atomic mass is 10.1. The van der Waals surface area contributed by atoms with Gasteiger partial charge in [0.1, 0.15) is 5.03 Å². The number of hydrazine groups is 2. The lowest BCUT2D eigenvalue weighted by Crippen LogP contribution is -2.37. The van der Waals surface area contributed by atoms with Gasteiger partial charge in [-0.2, -0.15) is 5.10 Å². The van der Waals surface area contributed by atoms with E-state index in [2.05, 4.69) is 76.7 Å². The highest BCUT2D eigenvalue weighted by molar-refractivity contribution is 7.98. The van der Waals surface area contributed by atoms with Crippen LogP contribution in [0.4, 0.5) is 0 Å². The van der Waals surface area contributed by atoms with Gasteiger partial charge in [-0.25, -0.2) is 10.2 Å². The monoisotopic (exact) mass is 378 g/mol. The summed E-state index contributed by atoms with van der Waals surface area (Å²) in [5.74, 6) is 1.69. The van der Waals surface area contributed by atoms with Crippen LogP contribution in [-0.4, -0.2) is 27.7 Å². The topological polar surface area (TPSA) is 57.5 Å². The van der Waals surface area contributed by atoms with Crippen LogP contribution in [-0.2, 0) is 12.2 Å². The molecule has 1 aliphatic heterocycles. The van der Waals surface area contributed by atoms with Crippen molar-refractivity contribution in [2.75, 3.05) is 7.05 Å². The first kappa shape index (κ1) is 17.6. The minimum atomic E-state index is 0.821. The molecule has 0 aliphatic carbocycles. The minimum absolute atomic E-state index is 0.821. The second-order valence-electron chi connectivity index (χ2n) is 6.29. The van der Waals surface area contributed by atoms with E-state index in [0.29, 0.717) is 0 Å². The Bertz CT molecular complexity index is 933. The van der Waals surface area contributed by atoms with E-state index < -0.39 is 0 Å². The van der Waals surface area contributed by atoms with E-state index in [1.165, 1.54) is 11.1 Å². The molecule has 0 fully saturated rings. The highest BCUT2D eigenvalue weighted by Crippen LogP contribution is 2.30. The van der Waals surface area contributed by atoms with Gasteiger partial charge in [-0.05, 0) is 29.7 Å². The fourth-order valence-corrected chi connectivity index (χ4v) is 4.00. The zero-order chi connectivity index (χ0) is 18.6. The average molecular weight is 379 g/mol. The Morgan fingerprint density at radius 1 is 1.00 bits per heavy atom. The number of nitrogens with zero attached hydrogens (tertiary/aromatic N) is 4. The van der Waals surface area contributed by atoms with Crippen LogP contribution in [0.1, 0.15) is 23.6 Å². The largest absolute Gasteiger partial charge is 0.274 e. The summed E-state index contributed by atoms with van der Waals surface area (Å²) in [7, 11) is 1.93. The van der Waals surface area contributed by atoms with Crippen molar-refractivity contribution >= 4 is 17.6 Å². The molecule has 27 heavy (non-hydrogen) atoms. The maximum Gasteiger partial charge on any atom is 0.177 e. The number of aromatic nitrogens is 2. The Balaban J connectivity index is 1.70. The van der Waals surface area contributed by atoms with Crippen molar-refractivity contribution in [3.8, 4) is 5.69 Å². The summed E-state index contributed by atoms with van der Waals surface area (Å²) in [4.78, 5) is 0.